The molecule has 1 aliphatic heterocycles. The van der Waals surface area contributed by atoms with Gasteiger partial charge in [-0.2, -0.15) is 0 Å². The predicted molar refractivity (Wildman–Crippen MR) is 63.4 cm³/mol. The smallest absolute Gasteiger partial charge is 0.128 e. The van der Waals surface area contributed by atoms with Gasteiger partial charge in [0, 0.05) is 25.7 Å². The van der Waals surface area contributed by atoms with E-state index in [9.17, 15) is 0 Å². The van der Waals surface area contributed by atoms with Crippen molar-refractivity contribution in [1.82, 2.24) is 14.9 Å². The van der Waals surface area contributed by atoms with E-state index in [4.69, 9.17) is 15.6 Å². The van der Waals surface area contributed by atoms with Gasteiger partial charge in [0.15, 0.2) is 0 Å². The standard InChI is InChI=1S/C11H18N4O2/c1-8-13-9(6-11(12)14-8)10-7-15(2-4-16)3-5-17-10/h6,10,16H,2-5,7H2,1H3,(H2,12,13,14)/t10-/m0/s1. The quantitative estimate of drug-likeness (QED) is 0.754. The van der Waals surface area contributed by atoms with Crippen molar-refractivity contribution < 1.29 is 9.84 Å². The molecule has 2 rings (SSSR count). The predicted octanol–water partition coefficient (Wildman–Crippen LogP) is -0.267. The molecule has 0 bridgehead atoms. The van der Waals surface area contributed by atoms with E-state index in [1.54, 1.807) is 6.07 Å². The molecule has 1 aromatic rings. The van der Waals surface area contributed by atoms with Crippen LogP contribution in [0.25, 0.3) is 0 Å². The van der Waals surface area contributed by atoms with Crippen LogP contribution in [0.15, 0.2) is 6.07 Å². The molecule has 0 amide bonds. The van der Waals surface area contributed by atoms with Crippen LogP contribution in [0, 0.1) is 6.92 Å². The second-order valence-corrected chi connectivity index (χ2v) is 4.15. The van der Waals surface area contributed by atoms with Gasteiger partial charge in [-0.3, -0.25) is 4.90 Å². The van der Waals surface area contributed by atoms with Crippen LogP contribution in [0.2, 0.25) is 0 Å². The van der Waals surface area contributed by atoms with Gasteiger partial charge in [-0.25, -0.2) is 9.97 Å². The average Bonchev–Trinajstić information content (AvgIpc) is 2.28. The number of aliphatic hydroxyl groups is 1. The zero-order valence-corrected chi connectivity index (χ0v) is 9.96. The van der Waals surface area contributed by atoms with Gasteiger partial charge in [-0.1, -0.05) is 0 Å². The molecule has 17 heavy (non-hydrogen) atoms. The molecule has 0 saturated carbocycles. The highest BCUT2D eigenvalue weighted by Crippen LogP contribution is 2.21. The fourth-order valence-electron chi connectivity index (χ4n) is 2.01. The lowest BCUT2D eigenvalue weighted by atomic mass is 10.2. The molecule has 94 valence electrons. The van der Waals surface area contributed by atoms with Crippen LogP contribution in [0.1, 0.15) is 17.6 Å². The molecular formula is C11H18N4O2. The maximum absolute atomic E-state index is 8.94. The number of hydrogen-bond donors (Lipinski definition) is 2. The Kier molecular flexibility index (Phi) is 3.88. The Morgan fingerprint density at radius 1 is 1.59 bits per heavy atom. The molecule has 0 aliphatic carbocycles. The van der Waals surface area contributed by atoms with E-state index < -0.39 is 0 Å². The van der Waals surface area contributed by atoms with Crippen molar-refractivity contribution in [3.63, 3.8) is 0 Å². The highest BCUT2D eigenvalue weighted by atomic mass is 16.5. The molecule has 1 atom stereocenters. The largest absolute Gasteiger partial charge is 0.395 e. The number of rotatable bonds is 3. The van der Waals surface area contributed by atoms with Gasteiger partial charge in [0.25, 0.3) is 0 Å². The fraction of sp³-hybridized carbons (Fsp3) is 0.636. The van der Waals surface area contributed by atoms with Crippen molar-refractivity contribution in [2.75, 3.05) is 38.6 Å². The summed E-state index contributed by atoms with van der Waals surface area (Å²) in [5, 5.41) is 8.94. The topological polar surface area (TPSA) is 84.5 Å². The van der Waals surface area contributed by atoms with Gasteiger partial charge in [0.1, 0.15) is 17.7 Å². The first-order chi connectivity index (χ1) is 8.19. The summed E-state index contributed by atoms with van der Waals surface area (Å²) in [7, 11) is 0. The molecule has 6 heteroatoms. The number of aliphatic hydroxyl groups excluding tert-OH is 1. The number of aryl methyl sites for hydroxylation is 1. The van der Waals surface area contributed by atoms with Crippen LogP contribution in [0.4, 0.5) is 5.82 Å². The molecule has 0 spiro atoms. The van der Waals surface area contributed by atoms with E-state index in [-0.39, 0.29) is 12.7 Å². The van der Waals surface area contributed by atoms with E-state index in [1.165, 1.54) is 0 Å². The lowest BCUT2D eigenvalue weighted by Crippen LogP contribution is -2.40. The summed E-state index contributed by atoms with van der Waals surface area (Å²) in [4.78, 5) is 10.5. The minimum atomic E-state index is -0.0840. The van der Waals surface area contributed by atoms with Crippen LogP contribution in [0.5, 0.6) is 0 Å². The molecule has 0 unspecified atom stereocenters. The van der Waals surface area contributed by atoms with Gasteiger partial charge in [-0.15, -0.1) is 0 Å². The lowest BCUT2D eigenvalue weighted by Gasteiger charge is -2.32. The molecule has 1 aliphatic rings. The minimum absolute atomic E-state index is 0.0840. The Labute approximate surface area is 100 Å². The molecule has 1 saturated heterocycles. The van der Waals surface area contributed by atoms with Crippen LogP contribution < -0.4 is 5.73 Å². The van der Waals surface area contributed by atoms with Crippen LogP contribution >= 0.6 is 0 Å². The molecule has 2 heterocycles. The molecule has 6 nitrogen and oxygen atoms in total. The van der Waals surface area contributed by atoms with E-state index >= 15 is 0 Å². The van der Waals surface area contributed by atoms with Crippen molar-refractivity contribution >= 4 is 5.82 Å². The highest BCUT2D eigenvalue weighted by Gasteiger charge is 2.23. The third-order valence-electron chi connectivity index (χ3n) is 2.77. The second-order valence-electron chi connectivity index (χ2n) is 4.15. The molecule has 3 N–H and O–H groups in total. The summed E-state index contributed by atoms with van der Waals surface area (Å²) in [5.74, 6) is 1.12. The van der Waals surface area contributed by atoms with Crippen LogP contribution in [-0.2, 0) is 4.74 Å². The summed E-state index contributed by atoms with van der Waals surface area (Å²) in [5.41, 5.74) is 6.52. The number of ether oxygens (including phenoxy) is 1. The van der Waals surface area contributed by atoms with Crippen LogP contribution in [0.3, 0.4) is 0 Å². The first-order valence-corrected chi connectivity index (χ1v) is 5.75. The summed E-state index contributed by atoms with van der Waals surface area (Å²) in [6.45, 7) is 4.87. The molecular weight excluding hydrogens is 220 g/mol. The van der Waals surface area contributed by atoms with Gasteiger partial charge in [0.2, 0.25) is 0 Å². The Hall–Kier alpha value is -1.24. The SMILES string of the molecule is Cc1nc(N)cc([C@@H]2CN(CCO)CCO2)n1. The first-order valence-electron chi connectivity index (χ1n) is 5.75. The molecule has 1 fully saturated rings. The van der Waals surface area contributed by atoms with Crippen molar-refractivity contribution in [3.05, 3.63) is 17.6 Å². The fourth-order valence-corrected chi connectivity index (χ4v) is 2.01. The van der Waals surface area contributed by atoms with E-state index in [1.807, 2.05) is 6.92 Å². The number of hydrogen-bond acceptors (Lipinski definition) is 6. The zero-order valence-electron chi connectivity index (χ0n) is 9.96. The van der Waals surface area contributed by atoms with Gasteiger partial charge in [-0.05, 0) is 6.92 Å². The summed E-state index contributed by atoms with van der Waals surface area (Å²) >= 11 is 0. The zero-order chi connectivity index (χ0) is 12.3. The molecule has 0 aromatic carbocycles. The third-order valence-corrected chi connectivity index (χ3v) is 2.77. The Balaban J connectivity index is 2.10. The number of nitrogen functional groups attached to an aromatic ring is 1. The summed E-state index contributed by atoms with van der Waals surface area (Å²) in [6.07, 6.45) is -0.0840. The average molecular weight is 238 g/mol. The second kappa shape index (κ2) is 5.39. The minimum Gasteiger partial charge on any atom is -0.395 e. The number of morpholine rings is 1. The Morgan fingerprint density at radius 3 is 3.12 bits per heavy atom. The Bertz CT molecular complexity index is 363. The number of anilines is 1. The van der Waals surface area contributed by atoms with Gasteiger partial charge >= 0.3 is 0 Å². The number of β-amino-alcohol motifs (C(OH)–C–C–N with tert-alkyl or cyclic N) is 1. The monoisotopic (exact) mass is 238 g/mol. The van der Waals surface area contributed by atoms with E-state index in [0.717, 1.165) is 18.8 Å². The normalized spacial score (nSPS) is 21.6. The van der Waals surface area contributed by atoms with Crippen molar-refractivity contribution in [2.45, 2.75) is 13.0 Å². The third kappa shape index (κ3) is 3.12. The lowest BCUT2D eigenvalue weighted by molar-refractivity contribution is -0.0358. The molecule has 0 radical (unpaired) electrons. The Morgan fingerprint density at radius 2 is 2.41 bits per heavy atom. The van der Waals surface area contributed by atoms with Crippen molar-refractivity contribution in [1.29, 1.82) is 0 Å². The molecule has 1 aromatic heterocycles. The first kappa shape index (κ1) is 12.2. The van der Waals surface area contributed by atoms with Crippen molar-refractivity contribution in [3.8, 4) is 0 Å². The maximum atomic E-state index is 8.94. The van der Waals surface area contributed by atoms with Gasteiger partial charge < -0.3 is 15.6 Å². The maximum Gasteiger partial charge on any atom is 0.128 e. The number of nitrogens with two attached hydrogens (primary N) is 1. The van der Waals surface area contributed by atoms with Crippen molar-refractivity contribution in [2.24, 2.45) is 0 Å². The van der Waals surface area contributed by atoms with E-state index in [2.05, 4.69) is 14.9 Å². The number of nitrogens with zero attached hydrogens (tertiary/aromatic N) is 3. The summed E-state index contributed by atoms with van der Waals surface area (Å²) in [6, 6.07) is 1.75. The van der Waals surface area contributed by atoms with Crippen LogP contribution in [-0.4, -0.2) is 52.8 Å². The highest BCUT2D eigenvalue weighted by molar-refractivity contribution is 5.30. The van der Waals surface area contributed by atoms with E-state index in [0.29, 0.717) is 24.8 Å². The summed E-state index contributed by atoms with van der Waals surface area (Å²) < 4.78 is 5.68. The van der Waals surface area contributed by atoms with Gasteiger partial charge in [0.05, 0.1) is 18.9 Å². The number of aromatic nitrogens is 2.